The average molecular weight is 335 g/mol. The van der Waals surface area contributed by atoms with Gasteiger partial charge in [-0.05, 0) is 38.4 Å². The molecule has 1 aliphatic rings. The Hall–Kier alpha value is -2.59. The molecule has 1 aliphatic heterocycles. The number of carboxylic acid groups (broad SMARTS) is 1. The fourth-order valence-corrected chi connectivity index (χ4v) is 3.69. The molecule has 1 fully saturated rings. The molecule has 0 unspecified atom stereocenters. The van der Waals surface area contributed by atoms with Crippen LogP contribution in [0.3, 0.4) is 0 Å². The lowest BCUT2D eigenvalue weighted by atomic mass is 10.0. The lowest BCUT2D eigenvalue weighted by Gasteiger charge is -2.14. The summed E-state index contributed by atoms with van der Waals surface area (Å²) in [7, 11) is 0. The van der Waals surface area contributed by atoms with E-state index >= 15 is 0 Å². The minimum Gasteiger partial charge on any atom is -0.478 e. The van der Waals surface area contributed by atoms with Crippen molar-refractivity contribution in [1.82, 2.24) is 4.90 Å². The van der Waals surface area contributed by atoms with Crippen molar-refractivity contribution in [2.24, 2.45) is 0 Å². The first kappa shape index (κ1) is 15.9. The zero-order chi connectivity index (χ0) is 17.2. The molecule has 0 aliphatic carbocycles. The normalized spacial score (nSPS) is 15.0. The third-order valence-electron chi connectivity index (χ3n) is 4.96. The second kappa shape index (κ2) is 6.73. The number of para-hydroxylation sites is 1. The van der Waals surface area contributed by atoms with Crippen LogP contribution in [0, 0.1) is 0 Å². The molecule has 0 amide bonds. The summed E-state index contributed by atoms with van der Waals surface area (Å²) >= 11 is 0. The summed E-state index contributed by atoms with van der Waals surface area (Å²) < 4.78 is 6.09. The molecule has 1 saturated heterocycles. The molecule has 128 valence electrons. The van der Waals surface area contributed by atoms with Gasteiger partial charge in [0, 0.05) is 23.1 Å². The van der Waals surface area contributed by atoms with Crippen molar-refractivity contribution >= 4 is 16.9 Å². The summed E-state index contributed by atoms with van der Waals surface area (Å²) in [4.78, 5) is 14.0. The highest BCUT2D eigenvalue weighted by atomic mass is 16.4. The molecule has 0 radical (unpaired) electrons. The van der Waals surface area contributed by atoms with E-state index in [-0.39, 0.29) is 5.56 Å². The smallest absolute Gasteiger partial charge is 0.339 e. The molecule has 4 heteroatoms. The standard InChI is InChI=1S/C21H21NO3/c23-21(24)18-10-6-9-16-17(11-14-22-12-4-5-13-22)19(25-20(16)18)15-7-2-1-3-8-15/h1-3,6-10H,4-5,11-14H2,(H,23,24). The van der Waals surface area contributed by atoms with Gasteiger partial charge in [-0.3, -0.25) is 0 Å². The van der Waals surface area contributed by atoms with Crippen molar-refractivity contribution in [3.05, 3.63) is 59.7 Å². The fraction of sp³-hybridized carbons (Fsp3) is 0.286. The third-order valence-corrected chi connectivity index (χ3v) is 4.96. The van der Waals surface area contributed by atoms with Crippen molar-refractivity contribution in [3.8, 4) is 11.3 Å². The molecule has 1 N–H and O–H groups in total. The predicted octanol–water partition coefficient (Wildman–Crippen LogP) is 4.44. The Morgan fingerprint density at radius 2 is 1.80 bits per heavy atom. The summed E-state index contributed by atoms with van der Waals surface area (Å²) in [6.45, 7) is 3.28. The van der Waals surface area contributed by atoms with Crippen LogP contribution < -0.4 is 0 Å². The zero-order valence-electron chi connectivity index (χ0n) is 14.1. The summed E-state index contributed by atoms with van der Waals surface area (Å²) in [5.74, 6) is -0.159. The van der Waals surface area contributed by atoms with Gasteiger partial charge in [-0.1, -0.05) is 42.5 Å². The van der Waals surface area contributed by atoms with E-state index in [1.165, 1.54) is 12.8 Å². The van der Waals surface area contributed by atoms with Crippen LogP contribution in [0.25, 0.3) is 22.3 Å². The number of furan rings is 1. The molecule has 0 saturated carbocycles. The Morgan fingerprint density at radius 3 is 2.52 bits per heavy atom. The van der Waals surface area contributed by atoms with Crippen LogP contribution in [0.1, 0.15) is 28.8 Å². The maximum atomic E-state index is 11.6. The van der Waals surface area contributed by atoms with Crippen molar-refractivity contribution in [3.63, 3.8) is 0 Å². The zero-order valence-corrected chi connectivity index (χ0v) is 14.1. The Kier molecular flexibility index (Phi) is 4.28. The molecule has 4 rings (SSSR count). The maximum absolute atomic E-state index is 11.6. The summed E-state index contributed by atoms with van der Waals surface area (Å²) in [6, 6.07) is 15.3. The van der Waals surface area contributed by atoms with Gasteiger partial charge in [0.1, 0.15) is 16.9 Å². The quantitative estimate of drug-likeness (QED) is 0.749. The number of fused-ring (bicyclic) bond motifs is 1. The second-order valence-electron chi connectivity index (χ2n) is 6.56. The van der Waals surface area contributed by atoms with Crippen molar-refractivity contribution < 1.29 is 14.3 Å². The van der Waals surface area contributed by atoms with E-state index in [1.807, 2.05) is 36.4 Å². The molecule has 1 aromatic heterocycles. The largest absolute Gasteiger partial charge is 0.478 e. The Morgan fingerprint density at radius 1 is 1.04 bits per heavy atom. The SMILES string of the molecule is O=C(O)c1cccc2c(CCN3CCCC3)c(-c3ccccc3)oc12. The highest BCUT2D eigenvalue weighted by Gasteiger charge is 2.21. The van der Waals surface area contributed by atoms with Crippen LogP contribution in [-0.4, -0.2) is 35.6 Å². The minimum atomic E-state index is -0.954. The van der Waals surface area contributed by atoms with Crippen molar-refractivity contribution in [2.45, 2.75) is 19.3 Å². The summed E-state index contributed by atoms with van der Waals surface area (Å²) in [5.41, 5.74) is 2.80. The van der Waals surface area contributed by atoms with Crippen LogP contribution in [0.5, 0.6) is 0 Å². The minimum absolute atomic E-state index is 0.224. The number of benzene rings is 2. The first-order valence-corrected chi connectivity index (χ1v) is 8.79. The van der Waals surface area contributed by atoms with Crippen LogP contribution in [0.15, 0.2) is 52.9 Å². The first-order valence-electron chi connectivity index (χ1n) is 8.79. The second-order valence-corrected chi connectivity index (χ2v) is 6.56. The van der Waals surface area contributed by atoms with Crippen LogP contribution >= 0.6 is 0 Å². The number of carbonyl (C=O) groups is 1. The van der Waals surface area contributed by atoms with Gasteiger partial charge < -0.3 is 14.4 Å². The average Bonchev–Trinajstić information content (AvgIpc) is 3.27. The molecular formula is C21H21NO3. The van der Waals surface area contributed by atoms with E-state index in [0.29, 0.717) is 5.58 Å². The van der Waals surface area contributed by atoms with Gasteiger partial charge in [0.05, 0.1) is 0 Å². The van der Waals surface area contributed by atoms with E-state index in [1.54, 1.807) is 12.1 Å². The first-order chi connectivity index (χ1) is 12.2. The van der Waals surface area contributed by atoms with E-state index in [0.717, 1.165) is 48.3 Å². The molecule has 0 spiro atoms. The predicted molar refractivity (Wildman–Crippen MR) is 98.0 cm³/mol. The van der Waals surface area contributed by atoms with Gasteiger partial charge in [0.15, 0.2) is 0 Å². The van der Waals surface area contributed by atoms with Gasteiger partial charge in [-0.25, -0.2) is 4.79 Å². The number of hydrogen-bond donors (Lipinski definition) is 1. The summed E-state index contributed by atoms with van der Waals surface area (Å²) in [5, 5.41) is 10.4. The van der Waals surface area contributed by atoms with Crippen molar-refractivity contribution in [2.75, 3.05) is 19.6 Å². The molecule has 3 aromatic rings. The van der Waals surface area contributed by atoms with Gasteiger partial charge in [0.25, 0.3) is 0 Å². The van der Waals surface area contributed by atoms with Gasteiger partial charge in [-0.2, -0.15) is 0 Å². The molecule has 0 bridgehead atoms. The number of hydrogen-bond acceptors (Lipinski definition) is 3. The number of aromatic carboxylic acids is 1. The maximum Gasteiger partial charge on any atom is 0.339 e. The van der Waals surface area contributed by atoms with Crippen molar-refractivity contribution in [1.29, 1.82) is 0 Å². The number of carboxylic acids is 1. The van der Waals surface area contributed by atoms with E-state index in [9.17, 15) is 9.90 Å². The molecule has 25 heavy (non-hydrogen) atoms. The third kappa shape index (κ3) is 3.05. The molecule has 4 nitrogen and oxygen atoms in total. The van der Waals surface area contributed by atoms with Crippen LogP contribution in [0.4, 0.5) is 0 Å². The highest BCUT2D eigenvalue weighted by Crippen LogP contribution is 2.35. The van der Waals surface area contributed by atoms with Crippen LogP contribution in [0.2, 0.25) is 0 Å². The topological polar surface area (TPSA) is 53.7 Å². The molecular weight excluding hydrogens is 314 g/mol. The van der Waals surface area contributed by atoms with Gasteiger partial charge in [-0.15, -0.1) is 0 Å². The monoisotopic (exact) mass is 335 g/mol. The number of rotatable bonds is 5. The molecule has 2 aromatic carbocycles. The van der Waals surface area contributed by atoms with Crippen LogP contribution in [-0.2, 0) is 6.42 Å². The fourth-order valence-electron chi connectivity index (χ4n) is 3.69. The van der Waals surface area contributed by atoms with E-state index < -0.39 is 5.97 Å². The lowest BCUT2D eigenvalue weighted by molar-refractivity contribution is 0.0698. The molecule has 2 heterocycles. The summed E-state index contributed by atoms with van der Waals surface area (Å²) in [6.07, 6.45) is 3.39. The Bertz CT molecular complexity index is 892. The Balaban J connectivity index is 1.81. The molecule has 0 atom stereocenters. The van der Waals surface area contributed by atoms with E-state index in [4.69, 9.17) is 4.42 Å². The lowest BCUT2D eigenvalue weighted by Crippen LogP contribution is -2.22. The van der Waals surface area contributed by atoms with Gasteiger partial charge >= 0.3 is 5.97 Å². The number of likely N-dealkylation sites (tertiary alicyclic amines) is 1. The Labute approximate surface area is 146 Å². The van der Waals surface area contributed by atoms with E-state index in [2.05, 4.69) is 4.90 Å². The number of nitrogens with zero attached hydrogens (tertiary/aromatic N) is 1. The highest BCUT2D eigenvalue weighted by molar-refractivity contribution is 6.03. The van der Waals surface area contributed by atoms with Gasteiger partial charge in [0.2, 0.25) is 0 Å².